The zero-order chi connectivity index (χ0) is 18.7. The van der Waals surface area contributed by atoms with Gasteiger partial charge in [-0.1, -0.05) is 25.7 Å². The summed E-state index contributed by atoms with van der Waals surface area (Å²) < 4.78 is 5.13. The van der Waals surface area contributed by atoms with E-state index in [2.05, 4.69) is 32.5 Å². The third kappa shape index (κ3) is 6.71. The predicted molar refractivity (Wildman–Crippen MR) is 110 cm³/mol. The van der Waals surface area contributed by atoms with Gasteiger partial charge >= 0.3 is 0 Å². The van der Waals surface area contributed by atoms with Crippen molar-refractivity contribution >= 4 is 5.96 Å². The van der Waals surface area contributed by atoms with Crippen LogP contribution in [0, 0.1) is 0 Å². The van der Waals surface area contributed by atoms with Crippen molar-refractivity contribution in [2.24, 2.45) is 4.99 Å². The minimum Gasteiger partial charge on any atom is -0.383 e. The zero-order valence-electron chi connectivity index (χ0n) is 17.4. The zero-order valence-corrected chi connectivity index (χ0v) is 17.4. The first-order chi connectivity index (χ1) is 12.7. The SMILES string of the molecule is CN=C(NCCN(C)CCOC)NCC1(N2CCCCC2)CCCCC1. The average molecular weight is 368 g/mol. The monoisotopic (exact) mass is 367 g/mol. The van der Waals surface area contributed by atoms with Gasteiger partial charge < -0.3 is 20.3 Å². The molecule has 0 bridgehead atoms. The highest BCUT2D eigenvalue weighted by Crippen LogP contribution is 2.35. The molecular formula is C20H41N5O. The van der Waals surface area contributed by atoms with E-state index in [1.807, 2.05) is 7.05 Å². The van der Waals surface area contributed by atoms with Crippen LogP contribution in [-0.2, 0) is 4.74 Å². The largest absolute Gasteiger partial charge is 0.383 e. The van der Waals surface area contributed by atoms with E-state index >= 15 is 0 Å². The lowest BCUT2D eigenvalue weighted by Gasteiger charge is -2.48. The van der Waals surface area contributed by atoms with Crippen LogP contribution in [0.1, 0.15) is 51.4 Å². The van der Waals surface area contributed by atoms with Crippen molar-refractivity contribution in [3.05, 3.63) is 0 Å². The molecule has 1 saturated heterocycles. The molecule has 152 valence electrons. The number of aliphatic imine (C=N–C) groups is 1. The van der Waals surface area contributed by atoms with Gasteiger partial charge in [0, 0.05) is 45.9 Å². The van der Waals surface area contributed by atoms with Crippen LogP contribution >= 0.6 is 0 Å². The maximum absolute atomic E-state index is 5.13. The first-order valence-electron chi connectivity index (χ1n) is 10.6. The number of nitrogens with zero attached hydrogens (tertiary/aromatic N) is 3. The summed E-state index contributed by atoms with van der Waals surface area (Å²) in [6.45, 7) is 7.20. The van der Waals surface area contributed by atoms with Crippen LogP contribution in [0.25, 0.3) is 0 Å². The van der Waals surface area contributed by atoms with Crippen LogP contribution in [0.15, 0.2) is 4.99 Å². The lowest BCUT2D eigenvalue weighted by molar-refractivity contribution is 0.0368. The Balaban J connectivity index is 1.80. The van der Waals surface area contributed by atoms with E-state index in [9.17, 15) is 0 Å². The maximum Gasteiger partial charge on any atom is 0.191 e. The summed E-state index contributed by atoms with van der Waals surface area (Å²) in [6, 6.07) is 0. The van der Waals surface area contributed by atoms with Gasteiger partial charge in [-0.05, 0) is 45.8 Å². The lowest BCUT2D eigenvalue weighted by atomic mass is 9.79. The van der Waals surface area contributed by atoms with Gasteiger partial charge in [0.25, 0.3) is 0 Å². The Labute approximate surface area is 160 Å². The molecule has 2 rings (SSSR count). The second kappa shape index (κ2) is 11.8. The number of piperidine rings is 1. The van der Waals surface area contributed by atoms with Gasteiger partial charge in [-0.2, -0.15) is 0 Å². The molecule has 0 aromatic carbocycles. The van der Waals surface area contributed by atoms with Gasteiger partial charge in [0.2, 0.25) is 0 Å². The summed E-state index contributed by atoms with van der Waals surface area (Å²) in [5.41, 5.74) is 0.339. The first kappa shape index (κ1) is 21.5. The Morgan fingerprint density at radius 3 is 2.38 bits per heavy atom. The molecule has 1 aliphatic carbocycles. The highest BCUT2D eigenvalue weighted by molar-refractivity contribution is 5.79. The molecule has 26 heavy (non-hydrogen) atoms. The van der Waals surface area contributed by atoms with Crippen molar-refractivity contribution in [3.63, 3.8) is 0 Å². The van der Waals surface area contributed by atoms with E-state index in [0.717, 1.165) is 38.7 Å². The molecule has 0 radical (unpaired) electrons. The van der Waals surface area contributed by atoms with E-state index in [4.69, 9.17) is 4.74 Å². The fourth-order valence-corrected chi connectivity index (χ4v) is 4.38. The van der Waals surface area contributed by atoms with Crippen LogP contribution in [0.2, 0.25) is 0 Å². The molecule has 1 saturated carbocycles. The van der Waals surface area contributed by atoms with Crippen molar-refractivity contribution < 1.29 is 4.74 Å². The standard InChI is InChI=1S/C20H41N5O/c1-21-19(22-12-15-24(2)16-17-26-3)23-18-20(10-6-4-7-11-20)25-13-8-5-9-14-25/h4-18H2,1-3H3,(H2,21,22,23). The van der Waals surface area contributed by atoms with Crippen LogP contribution in [0.5, 0.6) is 0 Å². The van der Waals surface area contributed by atoms with Crippen LogP contribution in [0.4, 0.5) is 0 Å². The molecule has 0 unspecified atom stereocenters. The minimum absolute atomic E-state index is 0.339. The fourth-order valence-electron chi connectivity index (χ4n) is 4.38. The molecule has 1 heterocycles. The number of ether oxygens (including phenoxy) is 1. The molecule has 0 spiro atoms. The molecule has 6 nitrogen and oxygen atoms in total. The highest BCUT2D eigenvalue weighted by Gasteiger charge is 2.38. The predicted octanol–water partition coefficient (Wildman–Crippen LogP) is 1.92. The molecule has 2 fully saturated rings. The summed E-state index contributed by atoms with van der Waals surface area (Å²) in [5, 5.41) is 7.12. The summed E-state index contributed by atoms with van der Waals surface area (Å²) in [4.78, 5) is 9.50. The first-order valence-corrected chi connectivity index (χ1v) is 10.6. The fraction of sp³-hybridized carbons (Fsp3) is 0.950. The van der Waals surface area contributed by atoms with Gasteiger partial charge in [0.1, 0.15) is 0 Å². The Morgan fingerprint density at radius 2 is 1.73 bits per heavy atom. The summed E-state index contributed by atoms with van der Waals surface area (Å²) in [6.07, 6.45) is 10.9. The van der Waals surface area contributed by atoms with E-state index in [0.29, 0.717) is 5.54 Å². The Hall–Kier alpha value is -0.850. The molecule has 0 amide bonds. The molecule has 0 atom stereocenters. The summed E-state index contributed by atoms with van der Waals surface area (Å²) in [7, 11) is 5.75. The second-order valence-corrected chi connectivity index (χ2v) is 7.98. The van der Waals surface area contributed by atoms with Crippen LogP contribution < -0.4 is 10.6 Å². The smallest absolute Gasteiger partial charge is 0.191 e. The number of likely N-dealkylation sites (tertiary alicyclic amines) is 1. The van der Waals surface area contributed by atoms with Gasteiger partial charge in [-0.15, -0.1) is 0 Å². The normalized spacial score (nSPS) is 21.8. The second-order valence-electron chi connectivity index (χ2n) is 7.98. The quantitative estimate of drug-likeness (QED) is 0.482. The number of hydrogen-bond donors (Lipinski definition) is 2. The number of likely N-dealkylation sites (N-methyl/N-ethyl adjacent to an activating group) is 1. The molecular weight excluding hydrogens is 326 g/mol. The minimum atomic E-state index is 0.339. The third-order valence-corrected chi connectivity index (χ3v) is 6.08. The Kier molecular flexibility index (Phi) is 9.72. The molecule has 6 heteroatoms. The average Bonchev–Trinajstić information content (AvgIpc) is 2.70. The summed E-state index contributed by atoms with van der Waals surface area (Å²) in [5.74, 6) is 0.937. The van der Waals surface area contributed by atoms with Crippen molar-refractivity contribution in [2.75, 3.05) is 67.1 Å². The van der Waals surface area contributed by atoms with Gasteiger partial charge in [-0.25, -0.2) is 0 Å². The summed E-state index contributed by atoms with van der Waals surface area (Å²) >= 11 is 0. The molecule has 2 aliphatic rings. The molecule has 0 aromatic rings. The maximum atomic E-state index is 5.13. The molecule has 0 aromatic heterocycles. The molecule has 1 aliphatic heterocycles. The number of nitrogens with one attached hydrogen (secondary N) is 2. The van der Waals surface area contributed by atoms with Crippen molar-refractivity contribution in [3.8, 4) is 0 Å². The van der Waals surface area contributed by atoms with E-state index in [1.165, 1.54) is 64.5 Å². The Bertz CT molecular complexity index is 403. The van der Waals surface area contributed by atoms with E-state index in [-0.39, 0.29) is 0 Å². The van der Waals surface area contributed by atoms with E-state index < -0.39 is 0 Å². The molecule has 2 N–H and O–H groups in total. The topological polar surface area (TPSA) is 52.1 Å². The van der Waals surface area contributed by atoms with Crippen LogP contribution in [-0.4, -0.2) is 88.4 Å². The van der Waals surface area contributed by atoms with Crippen molar-refractivity contribution in [1.29, 1.82) is 0 Å². The highest BCUT2D eigenvalue weighted by atomic mass is 16.5. The van der Waals surface area contributed by atoms with Gasteiger partial charge in [0.05, 0.1) is 6.61 Å². The van der Waals surface area contributed by atoms with Crippen molar-refractivity contribution in [1.82, 2.24) is 20.4 Å². The number of guanidine groups is 1. The Morgan fingerprint density at radius 1 is 1.04 bits per heavy atom. The lowest BCUT2D eigenvalue weighted by Crippen LogP contribution is -2.59. The van der Waals surface area contributed by atoms with Gasteiger partial charge in [-0.3, -0.25) is 9.89 Å². The van der Waals surface area contributed by atoms with Crippen LogP contribution in [0.3, 0.4) is 0 Å². The van der Waals surface area contributed by atoms with E-state index in [1.54, 1.807) is 7.11 Å². The third-order valence-electron chi connectivity index (χ3n) is 6.08. The number of methoxy groups -OCH3 is 1. The van der Waals surface area contributed by atoms with Gasteiger partial charge in [0.15, 0.2) is 5.96 Å². The number of rotatable bonds is 9. The van der Waals surface area contributed by atoms with Crippen molar-refractivity contribution in [2.45, 2.75) is 56.9 Å². The number of hydrogen-bond acceptors (Lipinski definition) is 4.